The Hall–Kier alpha value is -3.02. The molecule has 29 heavy (non-hydrogen) atoms. The van der Waals surface area contributed by atoms with Crippen molar-refractivity contribution in [2.24, 2.45) is 5.10 Å². The molecule has 0 aliphatic heterocycles. The number of carbonyl (C=O) groups is 1. The van der Waals surface area contributed by atoms with Crippen LogP contribution < -0.4 is 14.9 Å². The van der Waals surface area contributed by atoms with E-state index in [1.807, 2.05) is 54.6 Å². The van der Waals surface area contributed by atoms with Crippen molar-refractivity contribution in [1.29, 1.82) is 0 Å². The first kappa shape index (κ1) is 20.7. The van der Waals surface area contributed by atoms with Gasteiger partial charge in [0.15, 0.2) is 6.61 Å². The Bertz CT molecular complexity index is 977. The van der Waals surface area contributed by atoms with Crippen molar-refractivity contribution >= 4 is 35.3 Å². The molecule has 0 unspecified atom stereocenters. The van der Waals surface area contributed by atoms with Crippen molar-refractivity contribution in [3.05, 3.63) is 94.0 Å². The first-order valence-corrected chi connectivity index (χ1v) is 9.52. The number of ether oxygens (including phenoxy) is 2. The standard InChI is InChI=1S/C22H18Cl2N2O3/c23-18-8-11-21(20(24)12-18)29-15-22(27)26-25-13-16-6-9-19(10-7-16)28-14-17-4-2-1-3-5-17/h1-13H,14-15H2,(H,26,27). The summed E-state index contributed by atoms with van der Waals surface area (Å²) in [6.07, 6.45) is 1.54. The number of benzene rings is 3. The molecule has 1 N–H and O–H groups in total. The van der Waals surface area contributed by atoms with Crippen molar-refractivity contribution in [1.82, 2.24) is 5.43 Å². The van der Waals surface area contributed by atoms with Crippen LogP contribution in [0.4, 0.5) is 0 Å². The third-order valence-electron chi connectivity index (χ3n) is 3.78. The molecule has 0 fully saturated rings. The summed E-state index contributed by atoms with van der Waals surface area (Å²) in [5.41, 5.74) is 4.32. The highest BCUT2D eigenvalue weighted by molar-refractivity contribution is 6.35. The maximum Gasteiger partial charge on any atom is 0.277 e. The minimum absolute atomic E-state index is 0.217. The van der Waals surface area contributed by atoms with E-state index >= 15 is 0 Å². The number of amides is 1. The van der Waals surface area contributed by atoms with E-state index in [4.69, 9.17) is 32.7 Å². The van der Waals surface area contributed by atoms with Gasteiger partial charge in [-0.25, -0.2) is 5.43 Å². The number of hydrogen-bond donors (Lipinski definition) is 1. The number of carbonyl (C=O) groups excluding carboxylic acids is 1. The average molecular weight is 429 g/mol. The van der Waals surface area contributed by atoms with Gasteiger partial charge in [0.05, 0.1) is 11.2 Å². The van der Waals surface area contributed by atoms with Gasteiger partial charge >= 0.3 is 0 Å². The van der Waals surface area contributed by atoms with Gasteiger partial charge in [-0.05, 0) is 53.6 Å². The number of hydrogen-bond acceptors (Lipinski definition) is 4. The zero-order chi connectivity index (χ0) is 20.5. The van der Waals surface area contributed by atoms with Crippen LogP contribution in [-0.4, -0.2) is 18.7 Å². The van der Waals surface area contributed by atoms with Crippen LogP contribution in [0.25, 0.3) is 0 Å². The zero-order valence-electron chi connectivity index (χ0n) is 15.3. The van der Waals surface area contributed by atoms with E-state index in [1.54, 1.807) is 18.2 Å². The predicted octanol–water partition coefficient (Wildman–Crippen LogP) is 5.10. The van der Waals surface area contributed by atoms with Crippen LogP contribution in [0.3, 0.4) is 0 Å². The van der Waals surface area contributed by atoms with Gasteiger partial charge < -0.3 is 9.47 Å². The minimum Gasteiger partial charge on any atom is -0.489 e. The van der Waals surface area contributed by atoms with Crippen LogP contribution in [0.15, 0.2) is 77.9 Å². The zero-order valence-corrected chi connectivity index (χ0v) is 16.9. The van der Waals surface area contributed by atoms with Crippen molar-refractivity contribution in [3.63, 3.8) is 0 Å². The largest absolute Gasteiger partial charge is 0.489 e. The van der Waals surface area contributed by atoms with E-state index in [-0.39, 0.29) is 6.61 Å². The van der Waals surface area contributed by atoms with Crippen molar-refractivity contribution in [2.75, 3.05) is 6.61 Å². The molecule has 5 nitrogen and oxygen atoms in total. The Labute approximate surface area is 178 Å². The lowest BCUT2D eigenvalue weighted by Crippen LogP contribution is -2.24. The topological polar surface area (TPSA) is 59.9 Å². The summed E-state index contributed by atoms with van der Waals surface area (Å²) in [7, 11) is 0. The average Bonchev–Trinajstić information content (AvgIpc) is 2.73. The SMILES string of the molecule is O=C(COc1ccc(Cl)cc1Cl)NN=Cc1ccc(OCc2ccccc2)cc1. The van der Waals surface area contributed by atoms with Gasteiger partial charge in [-0.2, -0.15) is 5.10 Å². The Kier molecular flexibility index (Phi) is 7.50. The Morgan fingerprint density at radius 1 is 0.966 bits per heavy atom. The van der Waals surface area contributed by atoms with Crippen LogP contribution >= 0.6 is 23.2 Å². The quantitative estimate of drug-likeness (QED) is 0.400. The maximum absolute atomic E-state index is 11.8. The molecule has 0 bridgehead atoms. The molecule has 0 atom stereocenters. The number of rotatable bonds is 8. The number of nitrogens with one attached hydrogen (secondary N) is 1. The van der Waals surface area contributed by atoms with E-state index in [0.29, 0.717) is 22.4 Å². The Balaban J connectivity index is 1.43. The second kappa shape index (κ2) is 10.5. The van der Waals surface area contributed by atoms with Gasteiger partial charge in [0.25, 0.3) is 5.91 Å². The van der Waals surface area contributed by atoms with Gasteiger partial charge in [-0.1, -0.05) is 53.5 Å². The normalized spacial score (nSPS) is 10.7. The first-order valence-electron chi connectivity index (χ1n) is 8.77. The molecule has 148 valence electrons. The third-order valence-corrected chi connectivity index (χ3v) is 4.31. The fourth-order valence-corrected chi connectivity index (χ4v) is 2.80. The molecule has 7 heteroatoms. The first-order chi connectivity index (χ1) is 14.1. The summed E-state index contributed by atoms with van der Waals surface area (Å²) in [6.45, 7) is 0.285. The molecule has 0 heterocycles. The van der Waals surface area contributed by atoms with Crippen LogP contribution in [0.2, 0.25) is 10.0 Å². The van der Waals surface area contributed by atoms with E-state index < -0.39 is 5.91 Å². The fourth-order valence-electron chi connectivity index (χ4n) is 2.34. The van der Waals surface area contributed by atoms with Crippen molar-refractivity contribution < 1.29 is 14.3 Å². The molecular weight excluding hydrogens is 411 g/mol. The van der Waals surface area contributed by atoms with E-state index in [9.17, 15) is 4.79 Å². The summed E-state index contributed by atoms with van der Waals surface area (Å²) in [4.78, 5) is 11.8. The smallest absolute Gasteiger partial charge is 0.277 e. The van der Waals surface area contributed by atoms with Crippen LogP contribution in [0, 0.1) is 0 Å². The number of nitrogens with zero attached hydrogens (tertiary/aromatic N) is 1. The predicted molar refractivity (Wildman–Crippen MR) is 115 cm³/mol. The van der Waals surface area contributed by atoms with Crippen LogP contribution in [0.5, 0.6) is 11.5 Å². The van der Waals surface area contributed by atoms with Gasteiger partial charge in [0.1, 0.15) is 18.1 Å². The monoisotopic (exact) mass is 428 g/mol. The van der Waals surface area contributed by atoms with Crippen molar-refractivity contribution in [3.8, 4) is 11.5 Å². The van der Waals surface area contributed by atoms with Crippen LogP contribution in [0.1, 0.15) is 11.1 Å². The molecule has 0 aliphatic rings. The third kappa shape index (κ3) is 6.82. The van der Waals surface area contributed by atoms with Crippen molar-refractivity contribution in [2.45, 2.75) is 6.61 Å². The summed E-state index contributed by atoms with van der Waals surface area (Å²) >= 11 is 11.8. The molecule has 3 rings (SSSR count). The molecule has 1 amide bonds. The molecule has 0 saturated heterocycles. The molecule has 0 radical (unpaired) electrons. The lowest BCUT2D eigenvalue weighted by molar-refractivity contribution is -0.123. The molecule has 0 spiro atoms. The van der Waals surface area contributed by atoms with Gasteiger partial charge in [-0.3, -0.25) is 4.79 Å². The highest BCUT2D eigenvalue weighted by Gasteiger charge is 2.05. The number of hydrazone groups is 1. The summed E-state index contributed by atoms with van der Waals surface area (Å²) in [5.74, 6) is 0.722. The maximum atomic E-state index is 11.8. The summed E-state index contributed by atoms with van der Waals surface area (Å²) in [6, 6.07) is 22.1. The summed E-state index contributed by atoms with van der Waals surface area (Å²) in [5, 5.41) is 4.74. The minimum atomic E-state index is -0.407. The number of halogens is 2. The highest BCUT2D eigenvalue weighted by atomic mass is 35.5. The Morgan fingerprint density at radius 3 is 2.45 bits per heavy atom. The van der Waals surface area contributed by atoms with E-state index in [1.165, 1.54) is 6.21 Å². The highest BCUT2D eigenvalue weighted by Crippen LogP contribution is 2.27. The molecule has 3 aromatic rings. The second-order valence-electron chi connectivity index (χ2n) is 6.00. The molecule has 0 aromatic heterocycles. The molecule has 0 aliphatic carbocycles. The molecular formula is C22H18Cl2N2O3. The van der Waals surface area contributed by atoms with E-state index in [0.717, 1.165) is 16.9 Å². The van der Waals surface area contributed by atoms with Gasteiger partial charge in [-0.15, -0.1) is 0 Å². The molecule has 3 aromatic carbocycles. The van der Waals surface area contributed by atoms with Gasteiger partial charge in [0, 0.05) is 5.02 Å². The fraction of sp³-hybridized carbons (Fsp3) is 0.0909. The van der Waals surface area contributed by atoms with E-state index in [2.05, 4.69) is 10.5 Å². The molecule has 0 saturated carbocycles. The lowest BCUT2D eigenvalue weighted by Gasteiger charge is -2.07. The Morgan fingerprint density at radius 2 is 1.72 bits per heavy atom. The second-order valence-corrected chi connectivity index (χ2v) is 6.84. The van der Waals surface area contributed by atoms with Crippen LogP contribution in [-0.2, 0) is 11.4 Å². The van der Waals surface area contributed by atoms with Gasteiger partial charge in [0.2, 0.25) is 0 Å². The lowest BCUT2D eigenvalue weighted by atomic mass is 10.2. The summed E-state index contributed by atoms with van der Waals surface area (Å²) < 4.78 is 11.1.